The molecule has 0 atom stereocenters. The van der Waals surface area contributed by atoms with Crippen molar-refractivity contribution in [3.63, 3.8) is 0 Å². The third-order valence-corrected chi connectivity index (χ3v) is 5.24. The maximum absolute atomic E-state index is 12.6. The van der Waals surface area contributed by atoms with Crippen LogP contribution >= 0.6 is 0 Å². The van der Waals surface area contributed by atoms with Crippen LogP contribution in [0.4, 0.5) is 5.69 Å². The molecule has 23 heavy (non-hydrogen) atoms. The highest BCUT2D eigenvalue weighted by molar-refractivity contribution is 7.90. The van der Waals surface area contributed by atoms with Crippen molar-refractivity contribution >= 4 is 27.3 Å². The minimum atomic E-state index is -3.45. The number of anilines is 1. The van der Waals surface area contributed by atoms with Crippen molar-refractivity contribution in [1.29, 1.82) is 0 Å². The summed E-state index contributed by atoms with van der Waals surface area (Å²) in [5.74, 6) is -0.857. The lowest BCUT2D eigenvalue weighted by Gasteiger charge is -2.21. The molecule has 0 fully saturated rings. The second kappa shape index (κ2) is 5.03. The summed E-state index contributed by atoms with van der Waals surface area (Å²) in [6.45, 7) is 3.36. The van der Waals surface area contributed by atoms with Gasteiger partial charge in [0.1, 0.15) is 0 Å². The third kappa shape index (κ3) is 2.26. The van der Waals surface area contributed by atoms with E-state index in [2.05, 4.69) is 0 Å². The zero-order chi connectivity index (χ0) is 16.9. The number of benzene rings is 2. The number of amides is 2. The second-order valence-corrected chi connectivity index (χ2v) is 7.60. The zero-order valence-corrected chi connectivity index (χ0v) is 13.8. The van der Waals surface area contributed by atoms with Crippen LogP contribution < -0.4 is 4.90 Å². The molecule has 1 aliphatic rings. The molecule has 5 nitrogen and oxygen atoms in total. The van der Waals surface area contributed by atoms with E-state index in [1.54, 1.807) is 44.2 Å². The fraction of sp³-hybridized carbons (Fsp3) is 0.176. The number of imide groups is 1. The monoisotopic (exact) mass is 329 g/mol. The van der Waals surface area contributed by atoms with E-state index in [4.69, 9.17) is 0 Å². The summed E-state index contributed by atoms with van der Waals surface area (Å²) in [4.78, 5) is 26.5. The number of carbonyl (C=O) groups excluding carboxylic acids is 2. The second-order valence-electron chi connectivity index (χ2n) is 5.62. The van der Waals surface area contributed by atoms with E-state index in [1.165, 1.54) is 6.07 Å². The van der Waals surface area contributed by atoms with Gasteiger partial charge < -0.3 is 0 Å². The summed E-state index contributed by atoms with van der Waals surface area (Å²) in [5, 5.41) is 0. The van der Waals surface area contributed by atoms with Crippen LogP contribution in [0, 0.1) is 13.8 Å². The number of hydrogen-bond donors (Lipinski definition) is 0. The van der Waals surface area contributed by atoms with E-state index in [-0.39, 0.29) is 4.90 Å². The Morgan fingerprint density at radius 1 is 0.870 bits per heavy atom. The normalized spacial score (nSPS) is 14.3. The number of aryl methyl sites for hydroxylation is 1. The number of fused-ring (bicyclic) bond motifs is 1. The predicted molar refractivity (Wildman–Crippen MR) is 86.6 cm³/mol. The van der Waals surface area contributed by atoms with Crippen LogP contribution in [0.1, 0.15) is 31.8 Å². The standard InChI is InChI=1S/C17H15NO4S/c1-10-8-9-14(23(3,21)22)11(2)15(10)18-16(19)12-6-4-5-7-13(12)17(18)20/h4-9H,1-3H3. The van der Waals surface area contributed by atoms with Crippen molar-refractivity contribution in [2.24, 2.45) is 0 Å². The predicted octanol–water partition coefficient (Wildman–Crippen LogP) is 2.51. The van der Waals surface area contributed by atoms with Crippen LogP contribution in [0.5, 0.6) is 0 Å². The summed E-state index contributed by atoms with van der Waals surface area (Å²) in [6.07, 6.45) is 1.11. The first-order valence-corrected chi connectivity index (χ1v) is 8.90. The van der Waals surface area contributed by atoms with Crippen LogP contribution in [-0.2, 0) is 9.84 Å². The highest BCUT2D eigenvalue weighted by Gasteiger charge is 2.38. The zero-order valence-electron chi connectivity index (χ0n) is 13.0. The van der Waals surface area contributed by atoms with Crippen molar-refractivity contribution in [2.45, 2.75) is 18.7 Å². The van der Waals surface area contributed by atoms with E-state index in [0.717, 1.165) is 11.2 Å². The van der Waals surface area contributed by atoms with Gasteiger partial charge in [0.25, 0.3) is 11.8 Å². The Morgan fingerprint density at radius 2 is 1.39 bits per heavy atom. The van der Waals surface area contributed by atoms with E-state index >= 15 is 0 Å². The van der Waals surface area contributed by atoms with Gasteiger partial charge in [-0.3, -0.25) is 9.59 Å². The van der Waals surface area contributed by atoms with Crippen molar-refractivity contribution in [2.75, 3.05) is 11.2 Å². The van der Waals surface area contributed by atoms with Gasteiger partial charge in [0, 0.05) is 6.26 Å². The van der Waals surface area contributed by atoms with Gasteiger partial charge in [-0.2, -0.15) is 0 Å². The molecule has 0 unspecified atom stereocenters. The SMILES string of the molecule is Cc1ccc(S(C)(=O)=O)c(C)c1N1C(=O)c2ccccc2C1=O. The molecule has 0 aliphatic carbocycles. The van der Waals surface area contributed by atoms with Gasteiger partial charge in [-0.05, 0) is 43.2 Å². The fourth-order valence-electron chi connectivity index (χ4n) is 2.96. The first kappa shape index (κ1) is 15.4. The number of nitrogens with zero attached hydrogens (tertiary/aromatic N) is 1. The average Bonchev–Trinajstić information content (AvgIpc) is 2.72. The Labute approximate surface area is 134 Å². The first-order chi connectivity index (χ1) is 10.7. The lowest BCUT2D eigenvalue weighted by Crippen LogP contribution is -2.31. The quantitative estimate of drug-likeness (QED) is 0.794. The smallest absolute Gasteiger partial charge is 0.266 e. The molecule has 1 aliphatic heterocycles. The van der Waals surface area contributed by atoms with Crippen molar-refractivity contribution in [1.82, 2.24) is 0 Å². The maximum atomic E-state index is 12.6. The summed E-state index contributed by atoms with van der Waals surface area (Å²) in [5.41, 5.74) is 2.09. The van der Waals surface area contributed by atoms with E-state index in [1.807, 2.05) is 0 Å². The molecule has 0 bridgehead atoms. The van der Waals surface area contributed by atoms with Gasteiger partial charge in [0.05, 0.1) is 21.7 Å². The number of sulfone groups is 1. The molecule has 2 aromatic rings. The van der Waals surface area contributed by atoms with Crippen LogP contribution in [0.3, 0.4) is 0 Å². The number of hydrogen-bond acceptors (Lipinski definition) is 4. The molecular formula is C17H15NO4S. The fourth-order valence-corrected chi connectivity index (χ4v) is 3.92. The molecule has 2 aromatic carbocycles. The largest absolute Gasteiger partial charge is 0.268 e. The molecule has 0 saturated carbocycles. The van der Waals surface area contributed by atoms with Gasteiger partial charge in [0.15, 0.2) is 9.84 Å². The molecule has 0 radical (unpaired) electrons. The summed E-state index contributed by atoms with van der Waals surface area (Å²) < 4.78 is 23.9. The summed E-state index contributed by atoms with van der Waals surface area (Å²) >= 11 is 0. The van der Waals surface area contributed by atoms with Crippen LogP contribution in [-0.4, -0.2) is 26.5 Å². The Hall–Kier alpha value is -2.47. The highest BCUT2D eigenvalue weighted by atomic mass is 32.2. The molecule has 1 heterocycles. The van der Waals surface area contributed by atoms with Gasteiger partial charge in [-0.1, -0.05) is 18.2 Å². The van der Waals surface area contributed by atoms with Gasteiger partial charge >= 0.3 is 0 Å². The topological polar surface area (TPSA) is 71.5 Å². The van der Waals surface area contributed by atoms with Crippen molar-refractivity contribution in [3.8, 4) is 0 Å². The molecule has 0 N–H and O–H groups in total. The van der Waals surface area contributed by atoms with Crippen molar-refractivity contribution in [3.05, 3.63) is 58.7 Å². The number of rotatable bonds is 2. The van der Waals surface area contributed by atoms with E-state index < -0.39 is 21.7 Å². The van der Waals surface area contributed by atoms with Crippen LogP contribution in [0.2, 0.25) is 0 Å². The Balaban J connectivity index is 2.26. The Bertz CT molecular complexity index is 926. The summed E-state index contributed by atoms with van der Waals surface area (Å²) in [6, 6.07) is 9.70. The van der Waals surface area contributed by atoms with E-state index in [9.17, 15) is 18.0 Å². The maximum Gasteiger partial charge on any atom is 0.266 e. The molecule has 2 amide bonds. The minimum Gasteiger partial charge on any atom is -0.268 e. The van der Waals surface area contributed by atoms with Crippen LogP contribution in [0.15, 0.2) is 41.3 Å². The summed E-state index contributed by atoms with van der Waals surface area (Å²) in [7, 11) is -3.45. The molecule has 3 rings (SSSR count). The molecule has 0 aromatic heterocycles. The van der Waals surface area contributed by atoms with E-state index in [0.29, 0.717) is 27.9 Å². The Kier molecular flexibility index (Phi) is 3.37. The lowest BCUT2D eigenvalue weighted by atomic mass is 10.1. The average molecular weight is 329 g/mol. The lowest BCUT2D eigenvalue weighted by molar-refractivity contribution is 0.0925. The molecule has 6 heteroatoms. The van der Waals surface area contributed by atoms with Gasteiger partial charge in [-0.15, -0.1) is 0 Å². The minimum absolute atomic E-state index is 0.120. The molecule has 0 spiro atoms. The first-order valence-electron chi connectivity index (χ1n) is 7.01. The van der Waals surface area contributed by atoms with Gasteiger partial charge in [-0.25, -0.2) is 13.3 Å². The number of carbonyl (C=O) groups is 2. The van der Waals surface area contributed by atoms with Crippen LogP contribution in [0.25, 0.3) is 0 Å². The van der Waals surface area contributed by atoms with Gasteiger partial charge in [0.2, 0.25) is 0 Å². The van der Waals surface area contributed by atoms with Crippen molar-refractivity contribution < 1.29 is 18.0 Å². The molecular weight excluding hydrogens is 314 g/mol. The highest BCUT2D eigenvalue weighted by Crippen LogP contribution is 2.35. The third-order valence-electron chi connectivity index (χ3n) is 4.00. The molecule has 0 saturated heterocycles. The Morgan fingerprint density at radius 3 is 1.87 bits per heavy atom. The molecule has 118 valence electrons.